The van der Waals surface area contributed by atoms with Gasteiger partial charge < -0.3 is 10.4 Å². The van der Waals surface area contributed by atoms with Gasteiger partial charge in [0.25, 0.3) is 11.5 Å². The first kappa shape index (κ1) is 15.4. The molecule has 6 nitrogen and oxygen atoms in total. The molecule has 1 aromatic heterocycles. The first-order chi connectivity index (χ1) is 8.89. The molecule has 0 aliphatic heterocycles. The number of aromatic nitrogens is 2. The maximum Gasteiger partial charge on any atom is 0.271 e. The number of rotatable bonds is 6. The van der Waals surface area contributed by atoms with Gasteiger partial charge in [-0.25, -0.2) is 4.68 Å². The molecule has 1 aromatic rings. The van der Waals surface area contributed by atoms with Crippen molar-refractivity contribution in [2.24, 2.45) is 5.41 Å². The number of carbonyl (C=O) groups is 1. The average molecular weight is 267 g/mol. The lowest BCUT2D eigenvalue weighted by molar-refractivity contribution is 0.0920. The minimum atomic E-state index is -0.312. The quantitative estimate of drug-likeness (QED) is 0.781. The van der Waals surface area contributed by atoms with Gasteiger partial charge in [-0.2, -0.15) is 5.10 Å². The average Bonchev–Trinajstić information content (AvgIpc) is 2.36. The summed E-state index contributed by atoms with van der Waals surface area (Å²) in [5.74, 6) is -0.312. The van der Waals surface area contributed by atoms with Crippen molar-refractivity contribution in [3.63, 3.8) is 0 Å². The summed E-state index contributed by atoms with van der Waals surface area (Å²) < 4.78 is 1.24. The largest absolute Gasteiger partial charge is 0.396 e. The third-order valence-electron chi connectivity index (χ3n) is 2.91. The van der Waals surface area contributed by atoms with E-state index in [-0.39, 0.29) is 29.2 Å². The molecule has 106 valence electrons. The van der Waals surface area contributed by atoms with Crippen molar-refractivity contribution in [1.82, 2.24) is 15.1 Å². The maximum absolute atomic E-state index is 11.9. The van der Waals surface area contributed by atoms with Gasteiger partial charge in [0.2, 0.25) is 0 Å². The van der Waals surface area contributed by atoms with Crippen LogP contribution in [0.5, 0.6) is 0 Å². The Morgan fingerprint density at radius 2 is 2.16 bits per heavy atom. The number of nitrogens with zero attached hydrogens (tertiary/aromatic N) is 2. The summed E-state index contributed by atoms with van der Waals surface area (Å²) in [6.45, 7) is 6.67. The summed E-state index contributed by atoms with van der Waals surface area (Å²) in [6.07, 6.45) is 0.606. The number of aliphatic hydroxyl groups is 1. The van der Waals surface area contributed by atoms with Crippen LogP contribution in [0, 0.1) is 5.41 Å². The lowest BCUT2D eigenvalue weighted by atomic mass is 9.90. The highest BCUT2D eigenvalue weighted by molar-refractivity contribution is 5.91. The Morgan fingerprint density at radius 3 is 2.74 bits per heavy atom. The molecule has 2 N–H and O–H groups in total. The van der Waals surface area contributed by atoms with E-state index in [9.17, 15) is 9.59 Å². The van der Waals surface area contributed by atoms with Gasteiger partial charge in [-0.1, -0.05) is 13.8 Å². The third-order valence-corrected chi connectivity index (χ3v) is 2.91. The van der Waals surface area contributed by atoms with E-state index >= 15 is 0 Å². The molecule has 0 bridgehead atoms. The first-order valence-electron chi connectivity index (χ1n) is 6.37. The van der Waals surface area contributed by atoms with Gasteiger partial charge in [-0.15, -0.1) is 0 Å². The van der Waals surface area contributed by atoms with Gasteiger partial charge in [-0.05, 0) is 24.8 Å². The van der Waals surface area contributed by atoms with E-state index in [1.165, 1.54) is 16.8 Å². The van der Waals surface area contributed by atoms with Crippen molar-refractivity contribution in [2.75, 3.05) is 13.2 Å². The Balaban J connectivity index is 2.71. The SMILES string of the molecule is CCn1nc(C(=O)NCC(C)(C)CCO)ccc1=O. The highest BCUT2D eigenvalue weighted by atomic mass is 16.3. The smallest absolute Gasteiger partial charge is 0.271 e. The topological polar surface area (TPSA) is 84.2 Å². The summed E-state index contributed by atoms with van der Waals surface area (Å²) in [5.41, 5.74) is -0.176. The molecular formula is C13H21N3O3. The summed E-state index contributed by atoms with van der Waals surface area (Å²) in [5, 5.41) is 15.7. The zero-order valence-electron chi connectivity index (χ0n) is 11.6. The number of aryl methyl sites for hydroxylation is 1. The van der Waals surface area contributed by atoms with Crippen LogP contribution in [-0.4, -0.2) is 33.9 Å². The zero-order valence-corrected chi connectivity index (χ0v) is 11.6. The third kappa shape index (κ3) is 4.48. The van der Waals surface area contributed by atoms with E-state index in [1.807, 2.05) is 13.8 Å². The van der Waals surface area contributed by atoms with E-state index in [0.717, 1.165) is 0 Å². The molecule has 19 heavy (non-hydrogen) atoms. The summed E-state index contributed by atoms with van der Waals surface area (Å²) in [6, 6.07) is 2.76. The van der Waals surface area contributed by atoms with Crippen molar-refractivity contribution < 1.29 is 9.90 Å². The van der Waals surface area contributed by atoms with Gasteiger partial charge >= 0.3 is 0 Å². The standard InChI is InChI=1S/C13H21N3O3/c1-4-16-11(18)6-5-10(15-16)12(19)14-9-13(2,3)7-8-17/h5-6,17H,4,7-9H2,1-3H3,(H,14,19). The lowest BCUT2D eigenvalue weighted by Gasteiger charge is -2.23. The van der Waals surface area contributed by atoms with Crippen molar-refractivity contribution in [3.05, 3.63) is 28.2 Å². The summed E-state index contributed by atoms with van der Waals surface area (Å²) in [7, 11) is 0. The lowest BCUT2D eigenvalue weighted by Crippen LogP contribution is -2.36. The second-order valence-electron chi connectivity index (χ2n) is 5.19. The Hall–Kier alpha value is -1.69. The molecule has 0 aromatic carbocycles. The van der Waals surface area contributed by atoms with Crippen LogP contribution in [0.2, 0.25) is 0 Å². The molecule has 0 aliphatic carbocycles. The van der Waals surface area contributed by atoms with Crippen LogP contribution in [0.3, 0.4) is 0 Å². The Morgan fingerprint density at radius 1 is 1.47 bits per heavy atom. The van der Waals surface area contributed by atoms with E-state index in [2.05, 4.69) is 10.4 Å². The molecule has 1 rings (SSSR count). The van der Waals surface area contributed by atoms with Crippen LogP contribution in [0.4, 0.5) is 0 Å². The number of amides is 1. The molecule has 6 heteroatoms. The van der Waals surface area contributed by atoms with Crippen LogP contribution in [0.15, 0.2) is 16.9 Å². The van der Waals surface area contributed by atoms with Crippen LogP contribution in [0.25, 0.3) is 0 Å². The van der Waals surface area contributed by atoms with Gasteiger partial charge in [-0.3, -0.25) is 9.59 Å². The van der Waals surface area contributed by atoms with Crippen LogP contribution in [0.1, 0.15) is 37.7 Å². The molecular weight excluding hydrogens is 246 g/mol. The monoisotopic (exact) mass is 267 g/mol. The van der Waals surface area contributed by atoms with Crippen LogP contribution >= 0.6 is 0 Å². The number of hydrogen-bond acceptors (Lipinski definition) is 4. The number of hydrogen-bond donors (Lipinski definition) is 2. The Kier molecular flexibility index (Phi) is 5.23. The molecule has 0 unspecified atom stereocenters. The van der Waals surface area contributed by atoms with Crippen molar-refractivity contribution in [3.8, 4) is 0 Å². The molecule has 0 spiro atoms. The fraction of sp³-hybridized carbons (Fsp3) is 0.615. The van der Waals surface area contributed by atoms with Crippen LogP contribution in [-0.2, 0) is 6.54 Å². The van der Waals surface area contributed by atoms with Crippen molar-refractivity contribution in [1.29, 1.82) is 0 Å². The minimum absolute atomic E-state index is 0.0852. The molecule has 0 radical (unpaired) electrons. The zero-order chi connectivity index (χ0) is 14.5. The van der Waals surface area contributed by atoms with Crippen LogP contribution < -0.4 is 10.9 Å². The van der Waals surface area contributed by atoms with E-state index in [0.29, 0.717) is 19.5 Å². The molecule has 0 fully saturated rings. The predicted molar refractivity (Wildman–Crippen MR) is 72.0 cm³/mol. The van der Waals surface area contributed by atoms with Gasteiger partial charge in [0.1, 0.15) is 5.69 Å². The first-order valence-corrected chi connectivity index (χ1v) is 6.37. The second-order valence-corrected chi connectivity index (χ2v) is 5.19. The molecule has 0 atom stereocenters. The van der Waals surface area contributed by atoms with E-state index in [1.54, 1.807) is 6.92 Å². The molecule has 0 aliphatic rings. The highest BCUT2D eigenvalue weighted by Gasteiger charge is 2.19. The Labute approximate surface area is 112 Å². The molecule has 1 amide bonds. The fourth-order valence-electron chi connectivity index (χ4n) is 1.60. The van der Waals surface area contributed by atoms with Gasteiger partial charge in [0.15, 0.2) is 0 Å². The number of aliphatic hydroxyl groups excluding tert-OH is 1. The Bertz CT molecular complexity index is 494. The highest BCUT2D eigenvalue weighted by Crippen LogP contribution is 2.17. The fourth-order valence-corrected chi connectivity index (χ4v) is 1.60. The maximum atomic E-state index is 11.9. The second kappa shape index (κ2) is 6.47. The molecule has 0 saturated heterocycles. The van der Waals surface area contributed by atoms with E-state index < -0.39 is 0 Å². The van der Waals surface area contributed by atoms with Crippen molar-refractivity contribution >= 4 is 5.91 Å². The minimum Gasteiger partial charge on any atom is -0.396 e. The molecule has 1 heterocycles. The van der Waals surface area contributed by atoms with E-state index in [4.69, 9.17) is 5.11 Å². The normalized spacial score (nSPS) is 11.4. The number of carbonyl (C=O) groups excluding carboxylic acids is 1. The predicted octanol–water partition coefficient (Wildman–Crippen LogP) is 0.402. The van der Waals surface area contributed by atoms with Crippen molar-refractivity contribution in [2.45, 2.75) is 33.7 Å². The summed E-state index contributed by atoms with van der Waals surface area (Å²) in [4.78, 5) is 23.3. The number of nitrogens with one attached hydrogen (secondary N) is 1. The summed E-state index contributed by atoms with van der Waals surface area (Å²) >= 11 is 0. The molecule has 0 saturated carbocycles. The van der Waals surface area contributed by atoms with Gasteiger partial charge in [0, 0.05) is 25.8 Å². The van der Waals surface area contributed by atoms with Gasteiger partial charge in [0.05, 0.1) is 0 Å².